The number of methoxy groups -OCH3 is 1. The Bertz CT molecular complexity index is 1510. The lowest BCUT2D eigenvalue weighted by atomic mass is 9.77. The van der Waals surface area contributed by atoms with Gasteiger partial charge in [-0.1, -0.05) is 33.6 Å². The third kappa shape index (κ3) is 7.21. The molecule has 2 unspecified atom stereocenters. The zero-order chi connectivity index (χ0) is 33.7. The van der Waals surface area contributed by atoms with Crippen LogP contribution in [-0.2, 0) is 25.5 Å². The summed E-state index contributed by atoms with van der Waals surface area (Å²) in [6.07, 6.45) is -1.19. The number of aldehydes is 1. The van der Waals surface area contributed by atoms with E-state index in [4.69, 9.17) is 24.2 Å². The topological polar surface area (TPSA) is 108 Å². The predicted molar refractivity (Wildman–Crippen MR) is 166 cm³/mol. The van der Waals surface area contributed by atoms with E-state index in [0.717, 1.165) is 38.5 Å². The number of fused-ring (bicyclic) bond motifs is 7. The molecular formula is C35H44F3N3O6. The van der Waals surface area contributed by atoms with Gasteiger partial charge in [-0.2, -0.15) is 13.2 Å². The average molecular weight is 660 g/mol. The van der Waals surface area contributed by atoms with E-state index in [2.05, 4.69) is 0 Å². The molecule has 1 amide bonds. The summed E-state index contributed by atoms with van der Waals surface area (Å²) >= 11 is 0. The maximum Gasteiger partial charge on any atom is 0.389 e. The van der Waals surface area contributed by atoms with Crippen LogP contribution in [0.15, 0.2) is 18.2 Å². The summed E-state index contributed by atoms with van der Waals surface area (Å²) < 4.78 is 59.7. The van der Waals surface area contributed by atoms with Crippen molar-refractivity contribution in [3.63, 3.8) is 0 Å². The zero-order valence-electron chi connectivity index (χ0n) is 27.4. The monoisotopic (exact) mass is 659 g/mol. The van der Waals surface area contributed by atoms with Gasteiger partial charge in [-0.25, -0.2) is 9.97 Å². The molecule has 2 aliphatic carbocycles. The number of esters is 1. The van der Waals surface area contributed by atoms with Crippen LogP contribution in [0.1, 0.15) is 77.8 Å². The predicted octanol–water partition coefficient (Wildman–Crippen LogP) is 6.10. The minimum Gasteiger partial charge on any atom is -0.497 e. The first-order valence-corrected chi connectivity index (χ1v) is 16.8. The lowest BCUT2D eigenvalue weighted by Crippen LogP contribution is -2.47. The molecule has 2 aliphatic heterocycles. The van der Waals surface area contributed by atoms with Gasteiger partial charge in [0.1, 0.15) is 29.9 Å². The highest BCUT2D eigenvalue weighted by Gasteiger charge is 2.55. The van der Waals surface area contributed by atoms with Gasteiger partial charge in [-0.3, -0.25) is 9.59 Å². The molecular weight excluding hydrogens is 615 g/mol. The molecule has 1 aromatic heterocycles. The van der Waals surface area contributed by atoms with Crippen LogP contribution in [0.2, 0.25) is 0 Å². The number of halogens is 3. The maximum absolute atomic E-state index is 14.2. The third-order valence-electron chi connectivity index (χ3n) is 10.7. The van der Waals surface area contributed by atoms with Gasteiger partial charge in [0.2, 0.25) is 11.8 Å². The van der Waals surface area contributed by atoms with E-state index < -0.39 is 53.9 Å². The quantitative estimate of drug-likeness (QED) is 0.288. The van der Waals surface area contributed by atoms with E-state index in [1.807, 2.05) is 0 Å². The van der Waals surface area contributed by atoms with Gasteiger partial charge in [0.25, 0.3) is 0 Å². The highest BCUT2D eigenvalue weighted by molar-refractivity contribution is 5.87. The summed E-state index contributed by atoms with van der Waals surface area (Å²) in [6, 6.07) is 3.82. The van der Waals surface area contributed by atoms with E-state index in [9.17, 15) is 27.6 Å². The second kappa shape index (κ2) is 12.9. The van der Waals surface area contributed by atoms with Gasteiger partial charge in [0.05, 0.1) is 49.5 Å². The molecule has 6 rings (SSSR count). The molecule has 47 heavy (non-hydrogen) atoms. The molecule has 3 fully saturated rings. The summed E-state index contributed by atoms with van der Waals surface area (Å²) in [5.41, 5.74) is 0.827. The molecule has 0 spiro atoms. The summed E-state index contributed by atoms with van der Waals surface area (Å²) in [5, 5.41) is 0. The number of aryl methyl sites for hydroxylation is 1. The SMILES string of the molecule is COc1ccc2nc3c(nc2c1)O[C@H]1CN(C(=O)[C@H](C(C)(C)C)CC(=O)O[C@@H]2CC4CC4[C@H]2CCCCC3)[C@H](C=O)[C@@H]1CC(F)(F)F. The largest absolute Gasteiger partial charge is 0.497 e. The molecule has 256 valence electrons. The summed E-state index contributed by atoms with van der Waals surface area (Å²) in [5.74, 6) is -1.31. The van der Waals surface area contributed by atoms with E-state index in [0.29, 0.717) is 47.0 Å². The Hall–Kier alpha value is -3.44. The van der Waals surface area contributed by atoms with Crippen LogP contribution < -0.4 is 9.47 Å². The summed E-state index contributed by atoms with van der Waals surface area (Å²) in [4.78, 5) is 50.8. The van der Waals surface area contributed by atoms with Crippen LogP contribution in [0, 0.1) is 35.0 Å². The lowest BCUT2D eigenvalue weighted by molar-refractivity contribution is -0.159. The van der Waals surface area contributed by atoms with E-state index in [1.54, 1.807) is 39.0 Å². The first-order chi connectivity index (χ1) is 22.3. The Morgan fingerprint density at radius 3 is 2.49 bits per heavy atom. The number of ether oxygens (including phenoxy) is 3. The number of carbonyl (C=O) groups excluding carboxylic acids is 3. The normalized spacial score (nSPS) is 31.9. The van der Waals surface area contributed by atoms with Crippen molar-refractivity contribution >= 4 is 29.2 Å². The highest BCUT2D eigenvalue weighted by Crippen LogP contribution is 2.58. The van der Waals surface area contributed by atoms with Gasteiger partial charge in [0.15, 0.2) is 0 Å². The van der Waals surface area contributed by atoms with Crippen molar-refractivity contribution in [3.05, 3.63) is 23.9 Å². The molecule has 1 aromatic carbocycles. The minimum absolute atomic E-state index is 0.0932. The van der Waals surface area contributed by atoms with E-state index in [1.165, 1.54) is 12.0 Å². The van der Waals surface area contributed by atoms with Crippen molar-refractivity contribution in [2.24, 2.45) is 35.0 Å². The van der Waals surface area contributed by atoms with Crippen molar-refractivity contribution < 1.29 is 41.8 Å². The van der Waals surface area contributed by atoms with Gasteiger partial charge in [-0.05, 0) is 67.4 Å². The molecule has 8 atom stereocenters. The summed E-state index contributed by atoms with van der Waals surface area (Å²) in [7, 11) is 1.52. The number of rotatable bonds is 3. The van der Waals surface area contributed by atoms with Crippen LogP contribution >= 0.6 is 0 Å². The number of hydrogen-bond acceptors (Lipinski definition) is 8. The second-order valence-electron chi connectivity index (χ2n) is 14.9. The van der Waals surface area contributed by atoms with Crippen molar-refractivity contribution in [3.8, 4) is 11.6 Å². The number of benzene rings is 1. The number of amides is 1. The molecule has 9 nitrogen and oxygen atoms in total. The van der Waals surface area contributed by atoms with Gasteiger partial charge >= 0.3 is 12.1 Å². The number of hydrogen-bond donors (Lipinski definition) is 0. The number of carbonyl (C=O) groups is 3. The highest BCUT2D eigenvalue weighted by atomic mass is 19.4. The maximum atomic E-state index is 14.2. The number of nitrogens with zero attached hydrogens (tertiary/aromatic N) is 3. The van der Waals surface area contributed by atoms with Gasteiger partial charge in [0, 0.05) is 12.0 Å². The lowest BCUT2D eigenvalue weighted by Gasteiger charge is -2.34. The smallest absolute Gasteiger partial charge is 0.389 e. The molecule has 0 radical (unpaired) electrons. The van der Waals surface area contributed by atoms with Crippen LogP contribution in [0.4, 0.5) is 13.2 Å². The molecule has 2 saturated carbocycles. The Balaban J connectivity index is 1.39. The van der Waals surface area contributed by atoms with Crippen LogP contribution in [-0.4, -0.2) is 71.1 Å². The van der Waals surface area contributed by atoms with Gasteiger partial charge in [-0.15, -0.1) is 0 Å². The molecule has 1 saturated heterocycles. The first kappa shape index (κ1) is 33.5. The zero-order valence-corrected chi connectivity index (χ0v) is 27.4. The average Bonchev–Trinajstić information content (AvgIpc) is 3.57. The van der Waals surface area contributed by atoms with E-state index >= 15 is 0 Å². The van der Waals surface area contributed by atoms with Gasteiger partial charge < -0.3 is 23.9 Å². The Morgan fingerprint density at radius 2 is 1.79 bits per heavy atom. The fourth-order valence-corrected chi connectivity index (χ4v) is 8.09. The van der Waals surface area contributed by atoms with Crippen molar-refractivity contribution in [1.82, 2.24) is 14.9 Å². The standard InChI is InChI=1S/C35H44F3N3O6/c1-34(2,3)24-15-31(43)46-29-13-19-12-22(19)21(29)8-6-5-7-9-26-32(40-27-14-20(45-4)10-11-25(27)39-26)47-30-17-41(33(24)44)28(18-42)23(30)16-35(36,37)38/h10-11,14,18-19,21-24,28-30H,5-9,12-13,15-17H2,1-4H3/t19?,21-,22?,23+,24-,28-,29-,30+/m1/s1. The van der Waals surface area contributed by atoms with Crippen LogP contribution in [0.25, 0.3) is 11.0 Å². The molecule has 3 heterocycles. The molecule has 4 aliphatic rings. The minimum atomic E-state index is -4.63. The van der Waals surface area contributed by atoms with Crippen LogP contribution in [0.3, 0.4) is 0 Å². The Morgan fingerprint density at radius 1 is 1.00 bits per heavy atom. The molecule has 2 bridgehead atoms. The van der Waals surface area contributed by atoms with Crippen LogP contribution in [0.5, 0.6) is 11.6 Å². The Labute approximate surface area is 272 Å². The molecule has 0 N–H and O–H groups in total. The van der Waals surface area contributed by atoms with Crippen molar-refractivity contribution in [1.29, 1.82) is 0 Å². The van der Waals surface area contributed by atoms with E-state index in [-0.39, 0.29) is 30.9 Å². The molecule has 2 aromatic rings. The molecule has 12 heteroatoms. The first-order valence-electron chi connectivity index (χ1n) is 16.8. The Kier molecular flexibility index (Phi) is 9.17. The van der Waals surface area contributed by atoms with Crippen molar-refractivity contribution in [2.75, 3.05) is 13.7 Å². The summed E-state index contributed by atoms with van der Waals surface area (Å²) in [6.45, 7) is 5.15. The fraction of sp³-hybridized carbons (Fsp3) is 0.686. The fourth-order valence-electron chi connectivity index (χ4n) is 8.09. The van der Waals surface area contributed by atoms with Crippen molar-refractivity contribution in [2.45, 2.75) is 103 Å². The third-order valence-corrected chi connectivity index (χ3v) is 10.7. The number of alkyl halides is 3. The second-order valence-corrected chi connectivity index (χ2v) is 14.9. The number of aromatic nitrogens is 2.